The van der Waals surface area contributed by atoms with Crippen molar-refractivity contribution in [1.29, 1.82) is 0 Å². The number of carbonyl (C=O) groups is 3. The largest absolute Gasteiger partial charge is 0.354 e. The van der Waals surface area contributed by atoms with Crippen molar-refractivity contribution in [3.8, 4) is 0 Å². The molecule has 0 aromatic carbocycles. The van der Waals surface area contributed by atoms with Crippen LogP contribution in [-0.2, 0) is 9.59 Å². The second-order valence-corrected chi connectivity index (χ2v) is 7.36. The van der Waals surface area contributed by atoms with E-state index >= 15 is 0 Å². The van der Waals surface area contributed by atoms with E-state index in [2.05, 4.69) is 10.6 Å². The Morgan fingerprint density at radius 2 is 1.96 bits per heavy atom. The number of thiophene rings is 1. The topological polar surface area (TPSA) is 78.5 Å². The fourth-order valence-corrected chi connectivity index (χ4v) is 4.12. The van der Waals surface area contributed by atoms with Crippen LogP contribution in [0.2, 0.25) is 0 Å². The molecule has 24 heavy (non-hydrogen) atoms. The van der Waals surface area contributed by atoms with Crippen molar-refractivity contribution < 1.29 is 14.4 Å². The number of hydrogen-bond acceptors (Lipinski definition) is 4. The third-order valence-corrected chi connectivity index (χ3v) is 5.62. The molecule has 0 spiro atoms. The number of carbonyl (C=O) groups excluding carboxylic acids is 3. The van der Waals surface area contributed by atoms with Gasteiger partial charge in [-0.15, -0.1) is 11.3 Å². The molecule has 1 saturated carbocycles. The molecule has 0 radical (unpaired) electrons. The summed E-state index contributed by atoms with van der Waals surface area (Å²) < 4.78 is 0. The van der Waals surface area contributed by atoms with Crippen LogP contribution in [0.4, 0.5) is 0 Å². The summed E-state index contributed by atoms with van der Waals surface area (Å²) in [5.41, 5.74) is 0. The maximum Gasteiger partial charge on any atom is 0.261 e. The lowest BCUT2D eigenvalue weighted by atomic mass is 10.1. The molecule has 130 valence electrons. The Morgan fingerprint density at radius 3 is 2.67 bits per heavy atom. The van der Waals surface area contributed by atoms with Gasteiger partial charge in [-0.1, -0.05) is 18.9 Å². The van der Waals surface area contributed by atoms with Crippen LogP contribution in [0.3, 0.4) is 0 Å². The molecule has 1 aromatic rings. The van der Waals surface area contributed by atoms with Gasteiger partial charge in [0, 0.05) is 32.1 Å². The molecule has 7 heteroatoms. The van der Waals surface area contributed by atoms with Crippen molar-refractivity contribution in [1.82, 2.24) is 15.5 Å². The highest BCUT2D eigenvalue weighted by molar-refractivity contribution is 7.12. The minimum atomic E-state index is -0.258. The summed E-state index contributed by atoms with van der Waals surface area (Å²) in [7, 11) is 0. The second kappa shape index (κ2) is 7.79. The quantitative estimate of drug-likeness (QED) is 0.762. The molecule has 0 unspecified atom stereocenters. The Bertz CT molecular complexity index is 596. The summed E-state index contributed by atoms with van der Waals surface area (Å²) in [6.45, 7) is 1.30. The van der Waals surface area contributed by atoms with Crippen molar-refractivity contribution in [3.05, 3.63) is 22.4 Å². The predicted octanol–water partition coefficient (Wildman–Crippen LogP) is 1.39. The first-order chi connectivity index (χ1) is 11.6. The molecule has 6 nitrogen and oxygen atoms in total. The zero-order valence-corrected chi connectivity index (χ0v) is 14.4. The van der Waals surface area contributed by atoms with E-state index in [0.717, 1.165) is 12.8 Å². The Kier molecular flexibility index (Phi) is 5.50. The number of hydrogen-bond donors (Lipinski definition) is 2. The number of likely N-dealkylation sites (tertiary alicyclic amines) is 1. The molecule has 3 rings (SSSR count). The van der Waals surface area contributed by atoms with E-state index in [4.69, 9.17) is 0 Å². The van der Waals surface area contributed by atoms with E-state index in [0.29, 0.717) is 37.0 Å². The van der Waals surface area contributed by atoms with Crippen LogP contribution < -0.4 is 10.6 Å². The normalized spacial score (nSPS) is 21.2. The first-order valence-electron chi connectivity index (χ1n) is 8.54. The molecule has 1 aliphatic heterocycles. The van der Waals surface area contributed by atoms with E-state index in [1.54, 1.807) is 6.07 Å². The van der Waals surface area contributed by atoms with Gasteiger partial charge < -0.3 is 15.5 Å². The van der Waals surface area contributed by atoms with Gasteiger partial charge in [-0.05, 0) is 24.3 Å². The van der Waals surface area contributed by atoms with Gasteiger partial charge >= 0.3 is 0 Å². The maximum atomic E-state index is 12.2. The average molecular weight is 349 g/mol. The minimum Gasteiger partial charge on any atom is -0.354 e. The van der Waals surface area contributed by atoms with E-state index in [9.17, 15) is 14.4 Å². The number of amides is 3. The molecule has 1 aromatic heterocycles. The molecule has 2 fully saturated rings. The van der Waals surface area contributed by atoms with E-state index in [-0.39, 0.29) is 23.6 Å². The predicted molar refractivity (Wildman–Crippen MR) is 91.7 cm³/mol. The Hall–Kier alpha value is -1.89. The molecule has 2 N–H and O–H groups in total. The van der Waals surface area contributed by atoms with Gasteiger partial charge in [0.05, 0.1) is 10.8 Å². The Labute approximate surface area is 145 Å². The smallest absolute Gasteiger partial charge is 0.261 e. The summed E-state index contributed by atoms with van der Waals surface area (Å²) in [5, 5.41) is 7.45. The van der Waals surface area contributed by atoms with Crippen molar-refractivity contribution in [3.63, 3.8) is 0 Å². The van der Waals surface area contributed by atoms with Crippen LogP contribution in [0, 0.1) is 5.92 Å². The van der Waals surface area contributed by atoms with Crippen LogP contribution in [0.15, 0.2) is 17.5 Å². The average Bonchev–Trinajstić information content (AvgIpc) is 3.30. The lowest BCUT2D eigenvalue weighted by Crippen LogP contribution is -2.39. The zero-order valence-electron chi connectivity index (χ0n) is 13.6. The third-order valence-electron chi connectivity index (χ3n) is 4.75. The van der Waals surface area contributed by atoms with Crippen molar-refractivity contribution in [2.75, 3.05) is 19.6 Å². The lowest BCUT2D eigenvalue weighted by molar-refractivity contribution is -0.130. The SMILES string of the molecule is O=C(NCCNC(=O)[C@H]1CC(=O)N(C2CCCC2)C1)c1cccs1. The van der Waals surface area contributed by atoms with Crippen LogP contribution in [0.5, 0.6) is 0 Å². The summed E-state index contributed by atoms with van der Waals surface area (Å²) in [6.07, 6.45) is 4.79. The van der Waals surface area contributed by atoms with E-state index in [1.165, 1.54) is 24.2 Å². The number of nitrogens with one attached hydrogen (secondary N) is 2. The van der Waals surface area contributed by atoms with Crippen LogP contribution in [0.1, 0.15) is 41.8 Å². The highest BCUT2D eigenvalue weighted by Gasteiger charge is 2.38. The summed E-state index contributed by atoms with van der Waals surface area (Å²) in [5.74, 6) is -0.365. The van der Waals surface area contributed by atoms with E-state index in [1.807, 2.05) is 16.3 Å². The molecule has 1 saturated heterocycles. The standard InChI is InChI=1S/C17H23N3O3S/c21-15-10-12(11-20(15)13-4-1-2-5-13)16(22)18-7-8-19-17(23)14-6-3-9-24-14/h3,6,9,12-13H,1-2,4-5,7-8,10-11H2,(H,18,22)(H,19,23)/t12-/m0/s1. The number of nitrogens with zero attached hydrogens (tertiary/aromatic N) is 1. The van der Waals surface area contributed by atoms with Crippen LogP contribution in [-0.4, -0.2) is 48.3 Å². The third kappa shape index (κ3) is 3.95. The Balaban J connectivity index is 1.38. The highest BCUT2D eigenvalue weighted by atomic mass is 32.1. The van der Waals surface area contributed by atoms with Gasteiger partial charge in [0.15, 0.2) is 0 Å². The van der Waals surface area contributed by atoms with Crippen molar-refractivity contribution in [2.24, 2.45) is 5.92 Å². The van der Waals surface area contributed by atoms with Gasteiger partial charge in [-0.25, -0.2) is 0 Å². The fourth-order valence-electron chi connectivity index (χ4n) is 3.48. The fraction of sp³-hybridized carbons (Fsp3) is 0.588. The van der Waals surface area contributed by atoms with Crippen LogP contribution >= 0.6 is 11.3 Å². The molecule has 1 atom stereocenters. The van der Waals surface area contributed by atoms with Crippen molar-refractivity contribution >= 4 is 29.1 Å². The first-order valence-corrected chi connectivity index (χ1v) is 9.42. The molecule has 2 aliphatic rings. The van der Waals surface area contributed by atoms with Crippen LogP contribution in [0.25, 0.3) is 0 Å². The Morgan fingerprint density at radius 1 is 1.21 bits per heavy atom. The van der Waals surface area contributed by atoms with Gasteiger partial charge in [-0.2, -0.15) is 0 Å². The monoisotopic (exact) mass is 349 g/mol. The van der Waals surface area contributed by atoms with Crippen molar-refractivity contribution in [2.45, 2.75) is 38.1 Å². The molecular weight excluding hydrogens is 326 g/mol. The summed E-state index contributed by atoms with van der Waals surface area (Å²) >= 11 is 1.39. The summed E-state index contributed by atoms with van der Waals surface area (Å²) in [4.78, 5) is 38.7. The lowest BCUT2D eigenvalue weighted by Gasteiger charge is -2.23. The van der Waals surface area contributed by atoms with Gasteiger partial charge in [0.1, 0.15) is 0 Å². The zero-order chi connectivity index (χ0) is 16.9. The molecule has 1 aliphatic carbocycles. The van der Waals surface area contributed by atoms with E-state index < -0.39 is 0 Å². The van der Waals surface area contributed by atoms with Gasteiger partial charge in [-0.3, -0.25) is 14.4 Å². The number of rotatable bonds is 6. The molecule has 0 bridgehead atoms. The minimum absolute atomic E-state index is 0.0887. The first kappa shape index (κ1) is 17.0. The second-order valence-electron chi connectivity index (χ2n) is 6.41. The molecular formula is C17H23N3O3S. The maximum absolute atomic E-state index is 12.2. The van der Waals surface area contributed by atoms with Gasteiger partial charge in [0.25, 0.3) is 5.91 Å². The molecule has 2 heterocycles. The highest BCUT2D eigenvalue weighted by Crippen LogP contribution is 2.29. The summed E-state index contributed by atoms with van der Waals surface area (Å²) in [6, 6.07) is 3.93. The van der Waals surface area contributed by atoms with Gasteiger partial charge in [0.2, 0.25) is 11.8 Å². The molecule has 3 amide bonds.